The van der Waals surface area contributed by atoms with Crippen LogP contribution in [0.5, 0.6) is 0 Å². The molecule has 1 amide bonds. The molecule has 0 bridgehead atoms. The van der Waals surface area contributed by atoms with E-state index in [4.69, 9.17) is 4.74 Å². The zero-order chi connectivity index (χ0) is 15.9. The van der Waals surface area contributed by atoms with Crippen LogP contribution in [0.15, 0.2) is 0 Å². The largest absolute Gasteiger partial charge is 0.389 e. The summed E-state index contributed by atoms with van der Waals surface area (Å²) in [6.45, 7) is 2.86. The molecular formula is C17H35NO3. The van der Waals surface area contributed by atoms with Crippen LogP contribution < -0.4 is 0 Å². The van der Waals surface area contributed by atoms with Crippen molar-refractivity contribution < 1.29 is 14.6 Å². The average Bonchev–Trinajstić information content (AvgIpc) is 2.45. The van der Waals surface area contributed by atoms with Gasteiger partial charge < -0.3 is 14.7 Å². The number of methoxy groups -OCH3 is 1. The molecule has 0 heterocycles. The summed E-state index contributed by atoms with van der Waals surface area (Å²) in [5.41, 5.74) is 0. The summed E-state index contributed by atoms with van der Waals surface area (Å²) in [5, 5.41) is 9.58. The molecule has 21 heavy (non-hydrogen) atoms. The maximum atomic E-state index is 11.9. The van der Waals surface area contributed by atoms with Gasteiger partial charge in [0.25, 0.3) is 0 Å². The molecule has 0 aromatic heterocycles. The van der Waals surface area contributed by atoms with Gasteiger partial charge in [-0.1, -0.05) is 58.3 Å². The van der Waals surface area contributed by atoms with Crippen LogP contribution in [-0.2, 0) is 9.53 Å². The van der Waals surface area contributed by atoms with Gasteiger partial charge in [0.15, 0.2) is 0 Å². The Morgan fingerprint density at radius 2 is 1.57 bits per heavy atom. The second kappa shape index (κ2) is 14.3. The molecule has 0 aromatic rings. The number of carbonyl (C=O) groups is 1. The Morgan fingerprint density at radius 3 is 2.10 bits per heavy atom. The van der Waals surface area contributed by atoms with Gasteiger partial charge in [0, 0.05) is 27.1 Å². The average molecular weight is 301 g/mol. The molecule has 0 fully saturated rings. The maximum absolute atomic E-state index is 11.9. The lowest BCUT2D eigenvalue weighted by Crippen LogP contribution is -2.36. The van der Waals surface area contributed by atoms with Crippen LogP contribution in [0.3, 0.4) is 0 Å². The molecule has 1 unspecified atom stereocenters. The van der Waals surface area contributed by atoms with Crippen molar-refractivity contribution in [2.45, 2.75) is 77.2 Å². The zero-order valence-corrected chi connectivity index (χ0v) is 14.3. The molecule has 1 N–H and O–H groups in total. The van der Waals surface area contributed by atoms with Crippen molar-refractivity contribution in [1.82, 2.24) is 4.90 Å². The van der Waals surface area contributed by atoms with Crippen LogP contribution in [0.2, 0.25) is 0 Å². The normalized spacial score (nSPS) is 12.4. The van der Waals surface area contributed by atoms with E-state index in [2.05, 4.69) is 6.92 Å². The minimum atomic E-state index is -0.591. The van der Waals surface area contributed by atoms with Crippen molar-refractivity contribution in [1.29, 1.82) is 0 Å². The number of ether oxygens (including phenoxy) is 1. The van der Waals surface area contributed by atoms with E-state index in [1.54, 1.807) is 19.1 Å². The third-order valence-corrected chi connectivity index (χ3v) is 3.76. The highest BCUT2D eigenvalue weighted by Gasteiger charge is 2.12. The number of amides is 1. The highest BCUT2D eigenvalue weighted by atomic mass is 16.5. The van der Waals surface area contributed by atoms with Crippen molar-refractivity contribution in [3.05, 3.63) is 0 Å². The molecule has 4 heteroatoms. The van der Waals surface area contributed by atoms with Crippen LogP contribution in [0.4, 0.5) is 0 Å². The fraction of sp³-hybridized carbons (Fsp3) is 0.941. The molecule has 0 saturated carbocycles. The van der Waals surface area contributed by atoms with E-state index in [-0.39, 0.29) is 12.5 Å². The van der Waals surface area contributed by atoms with Gasteiger partial charge in [-0.2, -0.15) is 0 Å². The third-order valence-electron chi connectivity index (χ3n) is 3.76. The molecule has 126 valence electrons. The lowest BCUT2D eigenvalue weighted by molar-refractivity contribution is -0.131. The molecule has 0 aliphatic heterocycles. The monoisotopic (exact) mass is 301 g/mol. The smallest absolute Gasteiger partial charge is 0.222 e. The Bertz CT molecular complexity index is 246. The lowest BCUT2D eigenvalue weighted by Gasteiger charge is -2.20. The summed E-state index contributed by atoms with van der Waals surface area (Å²) in [7, 11) is 3.29. The number of hydrogen-bond donors (Lipinski definition) is 1. The molecular weight excluding hydrogens is 266 g/mol. The van der Waals surface area contributed by atoms with Gasteiger partial charge in [0.2, 0.25) is 5.91 Å². The summed E-state index contributed by atoms with van der Waals surface area (Å²) in [6, 6.07) is 0. The van der Waals surface area contributed by atoms with Crippen LogP contribution in [0.1, 0.15) is 71.1 Å². The molecule has 0 saturated heterocycles. The standard InChI is InChI=1S/C17H35NO3/c1-4-5-6-7-8-9-10-11-12-13-17(20)18(2)14-16(19)15-21-3/h16,19H,4-15H2,1-3H3. The summed E-state index contributed by atoms with van der Waals surface area (Å²) < 4.78 is 4.86. The van der Waals surface area contributed by atoms with Gasteiger partial charge in [-0.3, -0.25) is 4.79 Å². The van der Waals surface area contributed by atoms with Crippen LogP contribution in [-0.4, -0.2) is 49.3 Å². The molecule has 0 aliphatic carbocycles. The first-order chi connectivity index (χ1) is 10.1. The maximum Gasteiger partial charge on any atom is 0.222 e. The summed E-state index contributed by atoms with van der Waals surface area (Å²) in [5.74, 6) is 0.119. The predicted octanol–water partition coefficient (Wildman–Crippen LogP) is 3.37. The van der Waals surface area contributed by atoms with Gasteiger partial charge in [0.1, 0.15) is 0 Å². The summed E-state index contributed by atoms with van der Waals surface area (Å²) in [6.07, 6.45) is 11.3. The number of rotatable bonds is 14. The predicted molar refractivity (Wildman–Crippen MR) is 87.4 cm³/mol. The summed E-state index contributed by atoms with van der Waals surface area (Å²) in [4.78, 5) is 13.5. The molecule has 0 rings (SSSR count). The van der Waals surface area contributed by atoms with Crippen molar-refractivity contribution in [3.8, 4) is 0 Å². The van der Waals surface area contributed by atoms with E-state index in [0.717, 1.165) is 12.8 Å². The first-order valence-corrected chi connectivity index (χ1v) is 8.52. The first-order valence-electron chi connectivity index (χ1n) is 8.52. The number of aliphatic hydroxyl groups is 1. The van der Waals surface area contributed by atoms with Gasteiger partial charge >= 0.3 is 0 Å². The zero-order valence-electron chi connectivity index (χ0n) is 14.3. The second-order valence-electron chi connectivity index (χ2n) is 5.96. The number of unbranched alkanes of at least 4 members (excludes halogenated alkanes) is 8. The molecule has 0 aliphatic rings. The number of likely N-dealkylation sites (N-methyl/N-ethyl adjacent to an activating group) is 1. The van der Waals surface area contributed by atoms with Gasteiger partial charge in [-0.25, -0.2) is 0 Å². The molecule has 4 nitrogen and oxygen atoms in total. The van der Waals surface area contributed by atoms with E-state index in [1.165, 1.54) is 44.9 Å². The molecule has 1 atom stereocenters. The Hall–Kier alpha value is -0.610. The Labute approximate surface area is 130 Å². The number of carbonyl (C=O) groups excluding carboxylic acids is 1. The highest BCUT2D eigenvalue weighted by molar-refractivity contribution is 5.75. The van der Waals surface area contributed by atoms with Crippen LogP contribution in [0.25, 0.3) is 0 Å². The highest BCUT2D eigenvalue weighted by Crippen LogP contribution is 2.11. The van der Waals surface area contributed by atoms with Gasteiger partial charge in [-0.15, -0.1) is 0 Å². The van der Waals surface area contributed by atoms with Gasteiger partial charge in [0.05, 0.1) is 12.7 Å². The van der Waals surface area contributed by atoms with E-state index >= 15 is 0 Å². The van der Waals surface area contributed by atoms with E-state index in [1.807, 2.05) is 0 Å². The number of hydrogen-bond acceptors (Lipinski definition) is 3. The van der Waals surface area contributed by atoms with Crippen molar-refractivity contribution in [2.75, 3.05) is 27.3 Å². The second-order valence-corrected chi connectivity index (χ2v) is 5.96. The number of nitrogens with zero attached hydrogens (tertiary/aromatic N) is 1. The van der Waals surface area contributed by atoms with Crippen LogP contribution >= 0.6 is 0 Å². The van der Waals surface area contributed by atoms with E-state index in [0.29, 0.717) is 13.0 Å². The molecule has 0 spiro atoms. The topological polar surface area (TPSA) is 49.8 Å². The SMILES string of the molecule is CCCCCCCCCCCC(=O)N(C)CC(O)COC. The fourth-order valence-electron chi connectivity index (χ4n) is 2.44. The minimum absolute atomic E-state index is 0.119. The minimum Gasteiger partial charge on any atom is -0.389 e. The fourth-order valence-corrected chi connectivity index (χ4v) is 2.44. The van der Waals surface area contributed by atoms with Crippen molar-refractivity contribution >= 4 is 5.91 Å². The third kappa shape index (κ3) is 12.8. The van der Waals surface area contributed by atoms with Gasteiger partial charge in [-0.05, 0) is 6.42 Å². The molecule has 0 aromatic carbocycles. The van der Waals surface area contributed by atoms with Crippen molar-refractivity contribution in [2.24, 2.45) is 0 Å². The summed E-state index contributed by atoms with van der Waals surface area (Å²) >= 11 is 0. The number of aliphatic hydroxyl groups excluding tert-OH is 1. The molecule has 0 radical (unpaired) electrons. The lowest BCUT2D eigenvalue weighted by atomic mass is 10.1. The first kappa shape index (κ1) is 20.4. The van der Waals surface area contributed by atoms with Crippen molar-refractivity contribution in [3.63, 3.8) is 0 Å². The Morgan fingerprint density at radius 1 is 1.05 bits per heavy atom. The Balaban J connectivity index is 3.44. The van der Waals surface area contributed by atoms with E-state index in [9.17, 15) is 9.90 Å². The Kier molecular flexibility index (Phi) is 13.9. The quantitative estimate of drug-likeness (QED) is 0.500. The van der Waals surface area contributed by atoms with Crippen LogP contribution in [0, 0.1) is 0 Å². The van der Waals surface area contributed by atoms with E-state index < -0.39 is 6.10 Å².